The van der Waals surface area contributed by atoms with Crippen molar-refractivity contribution in [1.29, 1.82) is 0 Å². The van der Waals surface area contributed by atoms with Crippen LogP contribution in [-0.4, -0.2) is 44.8 Å². The van der Waals surface area contributed by atoms with Crippen LogP contribution in [0.3, 0.4) is 0 Å². The molecule has 3 aromatic carbocycles. The summed E-state index contributed by atoms with van der Waals surface area (Å²) in [6, 6.07) is 17.1. The number of ether oxygens (including phenoxy) is 4. The van der Waals surface area contributed by atoms with Crippen LogP contribution in [0.4, 0.5) is 0 Å². The van der Waals surface area contributed by atoms with Gasteiger partial charge >= 0.3 is 5.63 Å². The summed E-state index contributed by atoms with van der Waals surface area (Å²) in [5, 5.41) is 1.42. The van der Waals surface area contributed by atoms with E-state index >= 15 is 0 Å². The molecule has 202 valence electrons. The second kappa shape index (κ2) is 11.3. The van der Waals surface area contributed by atoms with Gasteiger partial charge in [0.15, 0.2) is 18.1 Å². The second-order valence-electron chi connectivity index (χ2n) is 9.22. The first kappa shape index (κ1) is 26.4. The molecule has 1 atom stereocenters. The Labute approximate surface area is 230 Å². The third-order valence-corrected chi connectivity index (χ3v) is 7.08. The molecule has 8 nitrogen and oxygen atoms in total. The lowest BCUT2D eigenvalue weighted by molar-refractivity contribution is -0.137. The number of fused-ring (bicyclic) bond motifs is 2. The van der Waals surface area contributed by atoms with Gasteiger partial charge in [0.2, 0.25) is 0 Å². The van der Waals surface area contributed by atoms with Crippen LogP contribution in [0.5, 0.6) is 23.0 Å². The summed E-state index contributed by atoms with van der Waals surface area (Å²) in [5.74, 6) is 2.09. The van der Waals surface area contributed by atoms with E-state index in [4.69, 9.17) is 35.0 Å². The van der Waals surface area contributed by atoms with E-state index < -0.39 is 11.7 Å². The fourth-order valence-corrected chi connectivity index (χ4v) is 4.96. The summed E-state index contributed by atoms with van der Waals surface area (Å²) in [4.78, 5) is 27.0. The normalized spacial score (nSPS) is 14.6. The first-order chi connectivity index (χ1) is 18.9. The SMILES string of the molecule is COc1cc2c(cc1OC)[C@H](COc1ccc3c(C)cc(=O)oc3c1)N(C(=O)COc1ccc(Cl)cc1)CC2. The quantitative estimate of drug-likeness (QED) is 0.274. The Morgan fingerprint density at radius 2 is 1.69 bits per heavy atom. The number of hydrogen-bond acceptors (Lipinski definition) is 7. The van der Waals surface area contributed by atoms with E-state index in [1.807, 2.05) is 31.2 Å². The third kappa shape index (κ3) is 5.66. The standard InChI is InChI=1S/C30H28ClNO7/c1-18-12-30(34)39-26-14-22(8-9-23(18)26)37-16-25-24-15-28(36-3)27(35-2)13-19(24)10-11-32(25)29(33)17-38-21-6-4-20(31)5-7-21/h4-9,12-15,25H,10-11,16-17H2,1-3H3/t25-/m0/s1. The molecule has 0 unspecified atom stereocenters. The molecule has 4 aromatic rings. The molecule has 0 bridgehead atoms. The number of nitrogens with zero attached hydrogens (tertiary/aromatic N) is 1. The Balaban J connectivity index is 1.43. The average Bonchev–Trinajstić information content (AvgIpc) is 2.94. The maximum atomic E-state index is 13.4. The zero-order valence-electron chi connectivity index (χ0n) is 21.9. The Bertz CT molecular complexity index is 1560. The summed E-state index contributed by atoms with van der Waals surface area (Å²) in [6.07, 6.45) is 0.638. The third-order valence-electron chi connectivity index (χ3n) is 6.83. The van der Waals surface area contributed by atoms with Crippen molar-refractivity contribution in [2.45, 2.75) is 19.4 Å². The average molecular weight is 550 g/mol. The number of benzene rings is 3. The van der Waals surface area contributed by atoms with Crippen molar-refractivity contribution in [3.05, 3.63) is 92.8 Å². The van der Waals surface area contributed by atoms with Gasteiger partial charge in [-0.3, -0.25) is 4.79 Å². The molecule has 0 N–H and O–H groups in total. The number of hydrogen-bond donors (Lipinski definition) is 0. The molecule has 0 spiro atoms. The minimum atomic E-state index is -0.421. The first-order valence-corrected chi connectivity index (χ1v) is 12.8. The Morgan fingerprint density at radius 1 is 0.974 bits per heavy atom. The van der Waals surface area contributed by atoms with Crippen LogP contribution in [0, 0.1) is 6.92 Å². The van der Waals surface area contributed by atoms with Crippen LogP contribution >= 0.6 is 11.6 Å². The Morgan fingerprint density at radius 3 is 2.44 bits per heavy atom. The van der Waals surface area contributed by atoms with Crippen molar-refractivity contribution in [2.24, 2.45) is 0 Å². The zero-order chi connectivity index (χ0) is 27.5. The summed E-state index contributed by atoms with van der Waals surface area (Å²) in [6.45, 7) is 2.36. The highest BCUT2D eigenvalue weighted by Crippen LogP contribution is 2.38. The lowest BCUT2D eigenvalue weighted by Gasteiger charge is -2.37. The number of carbonyl (C=O) groups excluding carboxylic acids is 1. The summed E-state index contributed by atoms with van der Waals surface area (Å²) in [7, 11) is 3.17. The van der Waals surface area contributed by atoms with Gasteiger partial charge in [-0.15, -0.1) is 0 Å². The van der Waals surface area contributed by atoms with Gasteiger partial charge in [0.1, 0.15) is 23.7 Å². The van der Waals surface area contributed by atoms with Crippen molar-refractivity contribution in [3.63, 3.8) is 0 Å². The smallest absolute Gasteiger partial charge is 0.336 e. The van der Waals surface area contributed by atoms with E-state index in [1.165, 1.54) is 6.07 Å². The van der Waals surface area contributed by atoms with Gasteiger partial charge < -0.3 is 28.3 Å². The van der Waals surface area contributed by atoms with Gasteiger partial charge in [0.25, 0.3) is 5.91 Å². The lowest BCUT2D eigenvalue weighted by atomic mass is 9.92. The summed E-state index contributed by atoms with van der Waals surface area (Å²) < 4.78 is 28.4. The van der Waals surface area contributed by atoms with Crippen LogP contribution in [0.15, 0.2) is 69.9 Å². The van der Waals surface area contributed by atoms with E-state index in [-0.39, 0.29) is 19.1 Å². The van der Waals surface area contributed by atoms with Crippen LogP contribution in [0.2, 0.25) is 5.02 Å². The van der Waals surface area contributed by atoms with Gasteiger partial charge in [-0.25, -0.2) is 4.79 Å². The van der Waals surface area contributed by atoms with Crippen molar-refractivity contribution in [1.82, 2.24) is 4.90 Å². The first-order valence-electron chi connectivity index (χ1n) is 12.5. The van der Waals surface area contributed by atoms with E-state index in [2.05, 4.69) is 0 Å². The number of methoxy groups -OCH3 is 2. The predicted molar refractivity (Wildman–Crippen MR) is 147 cm³/mol. The summed E-state index contributed by atoms with van der Waals surface area (Å²) >= 11 is 5.96. The van der Waals surface area contributed by atoms with E-state index in [1.54, 1.807) is 49.5 Å². The van der Waals surface area contributed by atoms with Crippen molar-refractivity contribution in [3.8, 4) is 23.0 Å². The molecular weight excluding hydrogens is 522 g/mol. The van der Waals surface area contributed by atoms with E-state index in [9.17, 15) is 9.59 Å². The number of aryl methyl sites for hydroxylation is 1. The molecule has 1 aliphatic heterocycles. The number of rotatable bonds is 8. The molecular formula is C30H28ClNO7. The molecule has 1 aromatic heterocycles. The van der Waals surface area contributed by atoms with Crippen LogP contribution in [0.25, 0.3) is 11.0 Å². The molecule has 9 heteroatoms. The highest BCUT2D eigenvalue weighted by atomic mass is 35.5. The number of carbonyl (C=O) groups is 1. The zero-order valence-corrected chi connectivity index (χ0v) is 22.6. The molecule has 1 aliphatic rings. The highest BCUT2D eigenvalue weighted by molar-refractivity contribution is 6.30. The van der Waals surface area contributed by atoms with Gasteiger partial charge in [-0.05, 0) is 78.6 Å². The molecule has 39 heavy (non-hydrogen) atoms. The molecule has 0 saturated carbocycles. The minimum Gasteiger partial charge on any atom is -0.493 e. The van der Waals surface area contributed by atoms with Crippen molar-refractivity contribution < 1.29 is 28.2 Å². The maximum Gasteiger partial charge on any atom is 0.336 e. The second-order valence-corrected chi connectivity index (χ2v) is 9.66. The molecule has 5 rings (SSSR count). The van der Waals surface area contributed by atoms with Crippen LogP contribution < -0.4 is 24.6 Å². The number of amides is 1. The molecule has 1 amide bonds. The largest absolute Gasteiger partial charge is 0.493 e. The highest BCUT2D eigenvalue weighted by Gasteiger charge is 2.33. The topological polar surface area (TPSA) is 87.4 Å². The maximum absolute atomic E-state index is 13.4. The molecule has 2 heterocycles. The van der Waals surface area contributed by atoms with E-state index in [0.717, 1.165) is 22.1 Å². The van der Waals surface area contributed by atoms with Gasteiger partial charge in [0.05, 0.1) is 20.3 Å². The molecule has 0 fully saturated rings. The van der Waals surface area contributed by atoms with Crippen molar-refractivity contribution >= 4 is 28.5 Å². The lowest BCUT2D eigenvalue weighted by Crippen LogP contribution is -2.44. The fourth-order valence-electron chi connectivity index (χ4n) is 4.84. The van der Waals surface area contributed by atoms with Crippen molar-refractivity contribution in [2.75, 3.05) is 34.0 Å². The molecule has 0 aliphatic carbocycles. The van der Waals surface area contributed by atoms with Gasteiger partial charge in [-0.1, -0.05) is 11.6 Å². The van der Waals surface area contributed by atoms with Gasteiger partial charge in [-0.2, -0.15) is 0 Å². The Kier molecular flexibility index (Phi) is 7.65. The van der Waals surface area contributed by atoms with E-state index in [0.29, 0.717) is 46.6 Å². The van der Waals surface area contributed by atoms with Crippen LogP contribution in [-0.2, 0) is 11.2 Å². The fraction of sp³-hybridized carbons (Fsp3) is 0.267. The van der Waals surface area contributed by atoms with Gasteiger partial charge in [0, 0.05) is 29.1 Å². The molecule has 0 saturated heterocycles. The minimum absolute atomic E-state index is 0.138. The molecule has 0 radical (unpaired) electrons. The predicted octanol–water partition coefficient (Wildman–Crippen LogP) is 5.36. The monoisotopic (exact) mass is 549 g/mol. The van der Waals surface area contributed by atoms with Crippen LogP contribution in [0.1, 0.15) is 22.7 Å². The summed E-state index contributed by atoms with van der Waals surface area (Å²) in [5.41, 5.74) is 2.80. The Hall–Kier alpha value is -4.17. The number of halogens is 1.